The molecule has 1 aromatic carbocycles. The number of amides is 1. The van der Waals surface area contributed by atoms with Gasteiger partial charge in [-0.3, -0.25) is 9.59 Å². The second-order valence-corrected chi connectivity index (χ2v) is 5.45. The summed E-state index contributed by atoms with van der Waals surface area (Å²) in [6.45, 7) is 4.32. The summed E-state index contributed by atoms with van der Waals surface area (Å²) >= 11 is 0. The van der Waals surface area contributed by atoms with Crippen molar-refractivity contribution < 1.29 is 14.7 Å². The van der Waals surface area contributed by atoms with Gasteiger partial charge in [-0.15, -0.1) is 0 Å². The zero-order valence-corrected chi connectivity index (χ0v) is 13.4. The molecular weight excluding hydrogens is 294 g/mol. The molecule has 2 aromatic rings. The van der Waals surface area contributed by atoms with Crippen LogP contribution in [0.15, 0.2) is 30.5 Å². The molecule has 2 N–H and O–H groups in total. The average Bonchev–Trinajstić information content (AvgIpc) is 2.88. The molecule has 0 fully saturated rings. The molecule has 0 saturated heterocycles. The van der Waals surface area contributed by atoms with Gasteiger partial charge in [0.05, 0.1) is 23.1 Å². The van der Waals surface area contributed by atoms with E-state index in [1.165, 1.54) is 0 Å². The minimum Gasteiger partial charge on any atom is -0.481 e. The fourth-order valence-electron chi connectivity index (χ4n) is 2.37. The lowest BCUT2D eigenvalue weighted by Gasteiger charge is -2.08. The number of carbonyl (C=O) groups excluding carboxylic acids is 1. The first kappa shape index (κ1) is 16.7. The van der Waals surface area contributed by atoms with Crippen LogP contribution >= 0.6 is 0 Å². The Morgan fingerprint density at radius 3 is 2.65 bits per heavy atom. The number of nitrogens with zero attached hydrogens (tertiary/aromatic N) is 2. The molecule has 122 valence electrons. The molecule has 0 radical (unpaired) electrons. The predicted molar refractivity (Wildman–Crippen MR) is 86.9 cm³/mol. The van der Waals surface area contributed by atoms with E-state index >= 15 is 0 Å². The van der Waals surface area contributed by atoms with E-state index in [4.69, 9.17) is 5.11 Å². The lowest BCUT2D eigenvalue weighted by Crippen LogP contribution is -2.25. The Kier molecular flexibility index (Phi) is 5.51. The number of carboxylic acids is 1. The van der Waals surface area contributed by atoms with Gasteiger partial charge >= 0.3 is 5.97 Å². The summed E-state index contributed by atoms with van der Waals surface area (Å²) in [5, 5.41) is 15.7. The number of nitrogens with one attached hydrogen (secondary N) is 1. The number of aliphatic carboxylic acids is 1. The highest BCUT2D eigenvalue weighted by Crippen LogP contribution is 2.17. The van der Waals surface area contributed by atoms with Crippen molar-refractivity contribution in [2.45, 2.75) is 33.1 Å². The third kappa shape index (κ3) is 4.18. The topological polar surface area (TPSA) is 84.2 Å². The fourth-order valence-corrected chi connectivity index (χ4v) is 2.37. The molecule has 1 amide bonds. The molecule has 6 nitrogen and oxygen atoms in total. The van der Waals surface area contributed by atoms with Crippen molar-refractivity contribution in [2.24, 2.45) is 0 Å². The molecule has 0 spiro atoms. The summed E-state index contributed by atoms with van der Waals surface area (Å²) in [5.41, 5.74) is 3.35. The zero-order chi connectivity index (χ0) is 16.8. The molecule has 1 aromatic heterocycles. The molecule has 1 heterocycles. The van der Waals surface area contributed by atoms with Crippen molar-refractivity contribution >= 4 is 11.9 Å². The number of rotatable bonds is 7. The highest BCUT2D eigenvalue weighted by Gasteiger charge is 2.15. The molecule has 0 atom stereocenters. The minimum absolute atomic E-state index is 0.125. The second-order valence-electron chi connectivity index (χ2n) is 5.45. The van der Waals surface area contributed by atoms with Gasteiger partial charge in [-0.05, 0) is 38.3 Å². The molecule has 0 saturated carbocycles. The normalized spacial score (nSPS) is 10.5. The van der Waals surface area contributed by atoms with Crippen molar-refractivity contribution in [2.75, 3.05) is 6.54 Å². The van der Waals surface area contributed by atoms with E-state index < -0.39 is 5.97 Å². The number of hydrogen-bond acceptors (Lipinski definition) is 3. The van der Waals surface area contributed by atoms with Crippen LogP contribution in [0.25, 0.3) is 5.69 Å². The van der Waals surface area contributed by atoms with Crippen LogP contribution < -0.4 is 5.32 Å². The maximum Gasteiger partial charge on any atom is 0.303 e. The summed E-state index contributed by atoms with van der Waals surface area (Å²) in [7, 11) is 0. The van der Waals surface area contributed by atoms with Crippen LogP contribution in [0.2, 0.25) is 0 Å². The van der Waals surface area contributed by atoms with Gasteiger partial charge in [0.25, 0.3) is 5.91 Å². The fraction of sp³-hybridized carbons (Fsp3) is 0.353. The predicted octanol–water partition coefficient (Wildman–Crippen LogP) is 2.47. The Bertz CT molecular complexity index is 707. The standard InChI is InChI=1S/C17H21N3O3/c1-12-7-3-4-8-15(12)20-13(2)14(11-19-20)17(23)18-10-6-5-9-16(21)22/h3-4,7-8,11H,5-6,9-10H2,1-2H3,(H,18,23)(H,21,22). The highest BCUT2D eigenvalue weighted by molar-refractivity contribution is 5.95. The van der Waals surface area contributed by atoms with Gasteiger partial charge in [0.2, 0.25) is 0 Å². The molecule has 6 heteroatoms. The number of hydrogen-bond donors (Lipinski definition) is 2. The smallest absolute Gasteiger partial charge is 0.303 e. The number of aryl methyl sites for hydroxylation is 1. The van der Waals surface area contributed by atoms with E-state index in [0.29, 0.717) is 24.9 Å². The highest BCUT2D eigenvalue weighted by atomic mass is 16.4. The number of para-hydroxylation sites is 1. The van der Waals surface area contributed by atoms with E-state index in [1.54, 1.807) is 10.9 Å². The van der Waals surface area contributed by atoms with Crippen LogP contribution in [-0.4, -0.2) is 33.3 Å². The maximum atomic E-state index is 12.2. The molecular formula is C17H21N3O3. The molecule has 2 rings (SSSR count). The van der Waals surface area contributed by atoms with Gasteiger partial charge in [0.15, 0.2) is 0 Å². The first-order chi connectivity index (χ1) is 11.0. The second kappa shape index (κ2) is 7.58. The molecule has 23 heavy (non-hydrogen) atoms. The van der Waals surface area contributed by atoms with Crippen molar-refractivity contribution in [3.63, 3.8) is 0 Å². The molecule has 0 bridgehead atoms. The van der Waals surface area contributed by atoms with Crippen LogP contribution in [0.1, 0.15) is 40.9 Å². The Balaban J connectivity index is 2.00. The number of benzene rings is 1. The van der Waals surface area contributed by atoms with Gasteiger partial charge < -0.3 is 10.4 Å². The van der Waals surface area contributed by atoms with Crippen LogP contribution in [0.3, 0.4) is 0 Å². The largest absolute Gasteiger partial charge is 0.481 e. The maximum absolute atomic E-state index is 12.2. The Morgan fingerprint density at radius 2 is 1.96 bits per heavy atom. The number of carbonyl (C=O) groups is 2. The molecule has 0 unspecified atom stereocenters. The number of aromatic nitrogens is 2. The van der Waals surface area contributed by atoms with Crippen LogP contribution in [-0.2, 0) is 4.79 Å². The SMILES string of the molecule is Cc1ccccc1-n1ncc(C(=O)NCCCCC(=O)O)c1C. The van der Waals surface area contributed by atoms with E-state index in [-0.39, 0.29) is 12.3 Å². The van der Waals surface area contributed by atoms with Gasteiger partial charge in [0, 0.05) is 13.0 Å². The Hall–Kier alpha value is -2.63. The minimum atomic E-state index is -0.813. The zero-order valence-electron chi connectivity index (χ0n) is 13.4. The lowest BCUT2D eigenvalue weighted by molar-refractivity contribution is -0.137. The lowest BCUT2D eigenvalue weighted by atomic mass is 10.2. The summed E-state index contributed by atoms with van der Waals surface area (Å²) in [5.74, 6) is -0.996. The number of unbranched alkanes of at least 4 members (excludes halogenated alkanes) is 1. The third-order valence-corrected chi connectivity index (χ3v) is 3.70. The first-order valence-corrected chi connectivity index (χ1v) is 7.61. The Morgan fingerprint density at radius 1 is 1.22 bits per heavy atom. The van der Waals surface area contributed by atoms with Gasteiger partial charge in [-0.25, -0.2) is 4.68 Å². The Labute approximate surface area is 135 Å². The molecule has 0 aliphatic heterocycles. The van der Waals surface area contributed by atoms with E-state index in [0.717, 1.165) is 16.9 Å². The van der Waals surface area contributed by atoms with Crippen LogP contribution in [0.4, 0.5) is 0 Å². The van der Waals surface area contributed by atoms with Gasteiger partial charge in [-0.1, -0.05) is 18.2 Å². The molecule has 0 aliphatic rings. The van der Waals surface area contributed by atoms with Gasteiger partial charge in [-0.2, -0.15) is 5.10 Å². The summed E-state index contributed by atoms with van der Waals surface area (Å²) in [4.78, 5) is 22.6. The van der Waals surface area contributed by atoms with E-state index in [1.807, 2.05) is 38.1 Å². The third-order valence-electron chi connectivity index (χ3n) is 3.70. The van der Waals surface area contributed by atoms with E-state index in [2.05, 4.69) is 10.4 Å². The number of carboxylic acid groups (broad SMARTS) is 1. The summed E-state index contributed by atoms with van der Waals surface area (Å²) in [6, 6.07) is 7.86. The van der Waals surface area contributed by atoms with Crippen LogP contribution in [0, 0.1) is 13.8 Å². The van der Waals surface area contributed by atoms with Crippen molar-refractivity contribution in [1.29, 1.82) is 0 Å². The van der Waals surface area contributed by atoms with Crippen molar-refractivity contribution in [3.05, 3.63) is 47.3 Å². The van der Waals surface area contributed by atoms with Crippen LogP contribution in [0.5, 0.6) is 0 Å². The summed E-state index contributed by atoms with van der Waals surface area (Å²) < 4.78 is 1.76. The van der Waals surface area contributed by atoms with Gasteiger partial charge in [0.1, 0.15) is 0 Å². The average molecular weight is 315 g/mol. The first-order valence-electron chi connectivity index (χ1n) is 7.61. The quantitative estimate of drug-likeness (QED) is 0.769. The van der Waals surface area contributed by atoms with Crippen molar-refractivity contribution in [3.8, 4) is 5.69 Å². The molecule has 0 aliphatic carbocycles. The van der Waals surface area contributed by atoms with E-state index in [9.17, 15) is 9.59 Å². The van der Waals surface area contributed by atoms with Crippen molar-refractivity contribution in [1.82, 2.24) is 15.1 Å². The summed E-state index contributed by atoms with van der Waals surface area (Å²) in [6.07, 6.45) is 2.88. The monoisotopic (exact) mass is 315 g/mol.